The number of nitrogens with one attached hydrogen (secondary N) is 1. The van der Waals surface area contributed by atoms with Crippen LogP contribution in [0.15, 0.2) is 18.3 Å². The maximum Gasteiger partial charge on any atom is 0.410 e. The maximum absolute atomic E-state index is 12.1. The van der Waals surface area contributed by atoms with Gasteiger partial charge in [0.05, 0.1) is 5.69 Å². The second-order valence-electron chi connectivity index (χ2n) is 7.90. The van der Waals surface area contributed by atoms with Gasteiger partial charge in [-0.05, 0) is 64.5 Å². The third kappa shape index (κ3) is 4.26. The summed E-state index contributed by atoms with van der Waals surface area (Å²) in [6.07, 6.45) is 7.15. The van der Waals surface area contributed by atoms with Crippen LogP contribution in [0.4, 0.5) is 4.79 Å². The number of rotatable bonds is 2. The lowest BCUT2D eigenvalue weighted by molar-refractivity contribution is 0.0195. The number of ether oxygens (including phenoxy) is 1. The van der Waals surface area contributed by atoms with E-state index in [1.165, 1.54) is 17.7 Å². The molecule has 24 heavy (non-hydrogen) atoms. The number of carbonyl (C=O) groups excluding carboxylic acids is 1. The van der Waals surface area contributed by atoms with E-state index >= 15 is 0 Å². The van der Waals surface area contributed by atoms with Crippen molar-refractivity contribution in [2.75, 3.05) is 13.1 Å². The molecular weight excluding hydrogens is 302 g/mol. The van der Waals surface area contributed by atoms with E-state index in [-0.39, 0.29) is 6.09 Å². The molecule has 1 aliphatic heterocycles. The fourth-order valence-corrected chi connectivity index (χ4v) is 3.61. The molecule has 0 aromatic carbocycles. The fourth-order valence-electron chi connectivity index (χ4n) is 3.61. The lowest BCUT2D eigenvalue weighted by Gasteiger charge is -2.36. The second kappa shape index (κ2) is 7.09. The van der Waals surface area contributed by atoms with Crippen LogP contribution >= 0.6 is 0 Å². The van der Waals surface area contributed by atoms with Gasteiger partial charge in [0.2, 0.25) is 0 Å². The quantitative estimate of drug-likeness (QED) is 0.902. The number of hydrogen-bond acceptors (Lipinski definition) is 4. The highest BCUT2D eigenvalue weighted by Crippen LogP contribution is 2.29. The van der Waals surface area contributed by atoms with Gasteiger partial charge in [0, 0.05) is 31.4 Å². The molecule has 3 rings (SSSR count). The largest absolute Gasteiger partial charge is 0.444 e. The Morgan fingerprint density at radius 1 is 1.29 bits per heavy atom. The number of pyridine rings is 1. The van der Waals surface area contributed by atoms with Crippen molar-refractivity contribution < 1.29 is 9.53 Å². The zero-order chi connectivity index (χ0) is 17.2. The Bertz CT molecular complexity index is 574. The molecule has 0 bridgehead atoms. The van der Waals surface area contributed by atoms with Gasteiger partial charge in [-0.3, -0.25) is 4.98 Å². The molecule has 0 spiro atoms. The molecule has 1 N–H and O–H groups in total. The van der Waals surface area contributed by atoms with Crippen molar-refractivity contribution in [3.05, 3.63) is 29.6 Å². The maximum atomic E-state index is 12.1. The highest BCUT2D eigenvalue weighted by molar-refractivity contribution is 5.68. The third-order valence-electron chi connectivity index (χ3n) is 4.78. The minimum absolute atomic E-state index is 0.189. The summed E-state index contributed by atoms with van der Waals surface area (Å²) < 4.78 is 5.47. The van der Waals surface area contributed by atoms with Crippen molar-refractivity contribution in [3.8, 4) is 0 Å². The molecule has 132 valence electrons. The smallest absolute Gasteiger partial charge is 0.410 e. The number of piperidine rings is 1. The fraction of sp³-hybridized carbons (Fsp3) is 0.684. The van der Waals surface area contributed by atoms with E-state index in [4.69, 9.17) is 4.74 Å². The summed E-state index contributed by atoms with van der Waals surface area (Å²) in [5.74, 6) is 0. The zero-order valence-corrected chi connectivity index (χ0v) is 15.0. The molecular formula is C19H29N3O2. The molecule has 2 heterocycles. The Morgan fingerprint density at radius 2 is 2.04 bits per heavy atom. The first-order valence-electron chi connectivity index (χ1n) is 9.10. The van der Waals surface area contributed by atoms with Crippen molar-refractivity contribution >= 4 is 6.09 Å². The average Bonchev–Trinajstić information content (AvgIpc) is 2.54. The van der Waals surface area contributed by atoms with Gasteiger partial charge in [-0.25, -0.2) is 4.79 Å². The van der Waals surface area contributed by atoms with Crippen LogP contribution < -0.4 is 5.32 Å². The summed E-state index contributed by atoms with van der Waals surface area (Å²) in [4.78, 5) is 18.6. The Morgan fingerprint density at radius 3 is 2.75 bits per heavy atom. The van der Waals surface area contributed by atoms with Gasteiger partial charge in [0.15, 0.2) is 0 Å². The van der Waals surface area contributed by atoms with Crippen molar-refractivity contribution in [1.29, 1.82) is 0 Å². The lowest BCUT2D eigenvalue weighted by atomic mass is 9.90. The average molecular weight is 331 g/mol. The summed E-state index contributed by atoms with van der Waals surface area (Å²) >= 11 is 0. The molecule has 1 aromatic heterocycles. The van der Waals surface area contributed by atoms with E-state index in [1.54, 1.807) is 0 Å². The van der Waals surface area contributed by atoms with Crippen LogP contribution in [0.3, 0.4) is 0 Å². The molecule has 5 heteroatoms. The summed E-state index contributed by atoms with van der Waals surface area (Å²) in [7, 11) is 0. The molecule has 1 atom stereocenters. The van der Waals surface area contributed by atoms with E-state index in [1.807, 2.05) is 37.9 Å². The summed E-state index contributed by atoms with van der Waals surface area (Å²) in [5, 5.41) is 3.78. The zero-order valence-electron chi connectivity index (χ0n) is 15.0. The van der Waals surface area contributed by atoms with Crippen LogP contribution in [-0.2, 0) is 11.2 Å². The van der Waals surface area contributed by atoms with Crippen LogP contribution in [-0.4, -0.2) is 40.7 Å². The lowest BCUT2D eigenvalue weighted by Crippen LogP contribution is -2.47. The standard InChI is InChI=1S/C19H29N3O2/c1-19(2,3)24-18(23)22-12-9-15(10-13-22)21-16-8-4-6-14-7-5-11-20-17(14)16/h5,7,11,15-16,21H,4,6,8-10,12-13H2,1-3H3. The van der Waals surface area contributed by atoms with E-state index < -0.39 is 5.60 Å². The highest BCUT2D eigenvalue weighted by atomic mass is 16.6. The predicted octanol–water partition coefficient (Wildman–Crippen LogP) is 3.45. The predicted molar refractivity (Wildman–Crippen MR) is 93.9 cm³/mol. The summed E-state index contributed by atoms with van der Waals surface area (Å²) in [6.45, 7) is 7.24. The Hall–Kier alpha value is -1.62. The molecule has 5 nitrogen and oxygen atoms in total. The number of hydrogen-bond donors (Lipinski definition) is 1. The van der Waals surface area contributed by atoms with E-state index in [9.17, 15) is 4.79 Å². The Kier molecular flexibility index (Phi) is 5.09. The van der Waals surface area contributed by atoms with E-state index in [0.29, 0.717) is 12.1 Å². The monoisotopic (exact) mass is 331 g/mol. The molecule has 1 amide bonds. The minimum atomic E-state index is -0.427. The van der Waals surface area contributed by atoms with Crippen LogP contribution in [0, 0.1) is 0 Å². The number of nitrogens with zero attached hydrogens (tertiary/aromatic N) is 2. The van der Waals surface area contributed by atoms with Crippen molar-refractivity contribution in [2.24, 2.45) is 0 Å². The van der Waals surface area contributed by atoms with Gasteiger partial charge in [-0.2, -0.15) is 0 Å². The third-order valence-corrected chi connectivity index (χ3v) is 4.78. The molecule has 1 aromatic rings. The minimum Gasteiger partial charge on any atom is -0.444 e. The summed E-state index contributed by atoms with van der Waals surface area (Å²) in [6, 6.07) is 5.02. The molecule has 1 fully saturated rings. The van der Waals surface area contributed by atoms with Crippen LogP contribution in [0.5, 0.6) is 0 Å². The molecule has 1 unspecified atom stereocenters. The number of likely N-dealkylation sites (tertiary alicyclic amines) is 1. The van der Waals surface area contributed by atoms with Crippen molar-refractivity contribution in [2.45, 2.75) is 70.6 Å². The summed E-state index contributed by atoms with van der Waals surface area (Å²) in [5.41, 5.74) is 2.18. The molecule has 1 saturated heterocycles. The van der Waals surface area contributed by atoms with Gasteiger partial charge in [-0.15, -0.1) is 0 Å². The molecule has 0 radical (unpaired) electrons. The first kappa shape index (κ1) is 17.2. The topological polar surface area (TPSA) is 54.5 Å². The molecule has 1 aliphatic carbocycles. The molecule has 2 aliphatic rings. The van der Waals surface area contributed by atoms with Gasteiger partial charge in [-0.1, -0.05) is 6.07 Å². The van der Waals surface area contributed by atoms with Crippen molar-refractivity contribution in [3.63, 3.8) is 0 Å². The number of amides is 1. The number of aryl methyl sites for hydroxylation is 1. The van der Waals surface area contributed by atoms with Gasteiger partial charge < -0.3 is 15.0 Å². The van der Waals surface area contributed by atoms with Crippen molar-refractivity contribution in [1.82, 2.24) is 15.2 Å². The van der Waals surface area contributed by atoms with E-state index in [2.05, 4.69) is 16.4 Å². The Balaban J connectivity index is 1.52. The first-order chi connectivity index (χ1) is 11.4. The van der Waals surface area contributed by atoms with Gasteiger partial charge >= 0.3 is 6.09 Å². The van der Waals surface area contributed by atoms with Crippen LogP contribution in [0.1, 0.15) is 63.8 Å². The number of fused-ring (bicyclic) bond motifs is 1. The number of aromatic nitrogens is 1. The number of carbonyl (C=O) groups is 1. The highest BCUT2D eigenvalue weighted by Gasteiger charge is 2.29. The normalized spacial score (nSPS) is 22.1. The van der Waals surface area contributed by atoms with Gasteiger partial charge in [0.25, 0.3) is 0 Å². The second-order valence-corrected chi connectivity index (χ2v) is 7.90. The SMILES string of the molecule is CC(C)(C)OC(=O)N1CCC(NC2CCCc3cccnc32)CC1. The van der Waals surface area contributed by atoms with Crippen LogP contribution in [0.2, 0.25) is 0 Å². The van der Waals surface area contributed by atoms with E-state index in [0.717, 1.165) is 38.8 Å². The Labute approximate surface area is 144 Å². The van der Waals surface area contributed by atoms with Gasteiger partial charge in [0.1, 0.15) is 5.60 Å². The van der Waals surface area contributed by atoms with Crippen LogP contribution in [0.25, 0.3) is 0 Å². The first-order valence-corrected chi connectivity index (χ1v) is 9.10. The molecule has 0 saturated carbocycles.